The zero-order valence-electron chi connectivity index (χ0n) is 9.43. The van der Waals surface area contributed by atoms with Crippen LogP contribution in [0.2, 0.25) is 0 Å². The zero-order chi connectivity index (χ0) is 11.7. The van der Waals surface area contributed by atoms with Crippen molar-refractivity contribution < 1.29 is 5.11 Å². The third-order valence-electron chi connectivity index (χ3n) is 3.03. The molecule has 0 saturated heterocycles. The average Bonchev–Trinajstić information content (AvgIpc) is 2.78. The van der Waals surface area contributed by atoms with E-state index in [0.717, 1.165) is 42.4 Å². The fraction of sp³-hybridized carbons (Fsp3) is 0.333. The van der Waals surface area contributed by atoms with Crippen molar-refractivity contribution >= 4 is 0 Å². The lowest BCUT2D eigenvalue weighted by Gasteiger charge is -2.18. The third-order valence-corrected chi connectivity index (χ3v) is 3.03. The van der Waals surface area contributed by atoms with Crippen molar-refractivity contribution in [3.8, 4) is 11.4 Å². The Labute approximate surface area is 99.1 Å². The summed E-state index contributed by atoms with van der Waals surface area (Å²) in [5.74, 6) is 0.902. The summed E-state index contributed by atoms with van der Waals surface area (Å²) >= 11 is 0. The molecule has 2 aromatic rings. The van der Waals surface area contributed by atoms with Crippen LogP contribution in [0.25, 0.3) is 11.4 Å². The van der Waals surface area contributed by atoms with Crippen molar-refractivity contribution in [2.75, 3.05) is 6.54 Å². The molecule has 0 aromatic carbocycles. The van der Waals surface area contributed by atoms with E-state index < -0.39 is 0 Å². The molecule has 5 heteroatoms. The largest absolute Gasteiger partial charge is 0.390 e. The molecule has 0 atom stereocenters. The number of imidazole rings is 1. The van der Waals surface area contributed by atoms with Crippen LogP contribution in [-0.2, 0) is 19.7 Å². The van der Waals surface area contributed by atoms with E-state index in [1.54, 1.807) is 12.4 Å². The Hall–Kier alpha value is -1.72. The highest BCUT2D eigenvalue weighted by Gasteiger charge is 2.19. The monoisotopic (exact) mass is 230 g/mol. The number of aliphatic hydroxyl groups excluding tert-OH is 1. The van der Waals surface area contributed by atoms with Crippen LogP contribution in [0, 0.1) is 0 Å². The third kappa shape index (κ3) is 1.73. The van der Waals surface area contributed by atoms with E-state index in [2.05, 4.69) is 19.9 Å². The summed E-state index contributed by atoms with van der Waals surface area (Å²) in [6.07, 6.45) is 3.55. The number of nitrogens with one attached hydrogen (secondary N) is 1. The molecule has 3 heterocycles. The Kier molecular flexibility index (Phi) is 2.62. The van der Waals surface area contributed by atoms with Gasteiger partial charge in [0.05, 0.1) is 18.0 Å². The SMILES string of the molecule is OCc1nc(-c2cccnc2)n2c1CNCC2. The summed E-state index contributed by atoms with van der Waals surface area (Å²) in [5.41, 5.74) is 2.84. The number of hydrogen-bond donors (Lipinski definition) is 2. The first-order valence-electron chi connectivity index (χ1n) is 5.70. The zero-order valence-corrected chi connectivity index (χ0v) is 9.43. The molecule has 0 saturated carbocycles. The van der Waals surface area contributed by atoms with Gasteiger partial charge in [-0.2, -0.15) is 0 Å². The first-order chi connectivity index (χ1) is 8.40. The highest BCUT2D eigenvalue weighted by Crippen LogP contribution is 2.23. The molecule has 0 aliphatic carbocycles. The minimum absolute atomic E-state index is 0.0166. The van der Waals surface area contributed by atoms with Gasteiger partial charge in [0, 0.05) is 37.6 Å². The predicted octanol–water partition coefficient (Wildman–Crippen LogP) is 0.541. The van der Waals surface area contributed by atoms with Gasteiger partial charge in [-0.05, 0) is 12.1 Å². The summed E-state index contributed by atoms with van der Waals surface area (Å²) in [6, 6.07) is 3.89. The topological polar surface area (TPSA) is 63.0 Å². The molecule has 1 aliphatic rings. The van der Waals surface area contributed by atoms with Gasteiger partial charge in [0.25, 0.3) is 0 Å². The second kappa shape index (κ2) is 4.27. The van der Waals surface area contributed by atoms with Crippen molar-refractivity contribution in [1.82, 2.24) is 19.9 Å². The van der Waals surface area contributed by atoms with Gasteiger partial charge in [-0.25, -0.2) is 4.98 Å². The minimum atomic E-state index is -0.0166. The number of fused-ring (bicyclic) bond motifs is 1. The normalized spacial score (nSPS) is 14.6. The van der Waals surface area contributed by atoms with Crippen molar-refractivity contribution in [3.63, 3.8) is 0 Å². The number of aliphatic hydroxyl groups is 1. The molecule has 3 rings (SSSR count). The van der Waals surface area contributed by atoms with E-state index in [4.69, 9.17) is 0 Å². The molecule has 88 valence electrons. The maximum Gasteiger partial charge on any atom is 0.142 e. The van der Waals surface area contributed by atoms with Crippen LogP contribution in [0.1, 0.15) is 11.4 Å². The lowest BCUT2D eigenvalue weighted by Crippen LogP contribution is -2.28. The molecular weight excluding hydrogens is 216 g/mol. The Morgan fingerprint density at radius 3 is 3.18 bits per heavy atom. The second-order valence-corrected chi connectivity index (χ2v) is 4.06. The minimum Gasteiger partial charge on any atom is -0.390 e. The van der Waals surface area contributed by atoms with Crippen LogP contribution in [0.15, 0.2) is 24.5 Å². The number of nitrogens with zero attached hydrogens (tertiary/aromatic N) is 3. The van der Waals surface area contributed by atoms with Gasteiger partial charge in [0.2, 0.25) is 0 Å². The van der Waals surface area contributed by atoms with Gasteiger partial charge in [-0.3, -0.25) is 4.98 Å². The smallest absolute Gasteiger partial charge is 0.142 e. The summed E-state index contributed by atoms with van der Waals surface area (Å²) in [6.45, 7) is 2.56. The Morgan fingerprint density at radius 2 is 2.41 bits per heavy atom. The number of aromatic nitrogens is 3. The van der Waals surface area contributed by atoms with Crippen LogP contribution in [0.4, 0.5) is 0 Å². The molecule has 0 fully saturated rings. The van der Waals surface area contributed by atoms with Gasteiger partial charge in [0.1, 0.15) is 5.82 Å². The molecule has 1 aliphatic heterocycles. The van der Waals surface area contributed by atoms with Crippen molar-refractivity contribution in [1.29, 1.82) is 0 Å². The van der Waals surface area contributed by atoms with E-state index in [1.165, 1.54) is 0 Å². The fourth-order valence-electron chi connectivity index (χ4n) is 2.21. The Bertz CT molecular complexity index is 521. The maximum absolute atomic E-state index is 9.33. The first-order valence-corrected chi connectivity index (χ1v) is 5.70. The number of hydrogen-bond acceptors (Lipinski definition) is 4. The van der Waals surface area contributed by atoms with Crippen LogP contribution in [0.3, 0.4) is 0 Å². The maximum atomic E-state index is 9.33. The molecule has 0 unspecified atom stereocenters. The summed E-state index contributed by atoms with van der Waals surface area (Å²) in [7, 11) is 0. The van der Waals surface area contributed by atoms with Crippen molar-refractivity contribution in [3.05, 3.63) is 35.9 Å². The lowest BCUT2D eigenvalue weighted by molar-refractivity contribution is 0.275. The van der Waals surface area contributed by atoms with Gasteiger partial charge < -0.3 is 15.0 Å². The molecular formula is C12H14N4O. The molecule has 2 aromatic heterocycles. The van der Waals surface area contributed by atoms with E-state index in [1.807, 2.05) is 12.1 Å². The highest BCUT2D eigenvalue weighted by molar-refractivity contribution is 5.55. The van der Waals surface area contributed by atoms with E-state index in [9.17, 15) is 5.11 Å². The first kappa shape index (κ1) is 10.4. The van der Waals surface area contributed by atoms with Gasteiger partial charge >= 0.3 is 0 Å². The van der Waals surface area contributed by atoms with Crippen molar-refractivity contribution in [2.24, 2.45) is 0 Å². The van der Waals surface area contributed by atoms with Crippen molar-refractivity contribution in [2.45, 2.75) is 19.7 Å². The quantitative estimate of drug-likeness (QED) is 0.790. The lowest BCUT2D eigenvalue weighted by atomic mass is 10.2. The van der Waals surface area contributed by atoms with Crippen LogP contribution < -0.4 is 5.32 Å². The number of rotatable bonds is 2. The van der Waals surface area contributed by atoms with Gasteiger partial charge in [-0.1, -0.05) is 0 Å². The number of pyridine rings is 1. The summed E-state index contributed by atoms with van der Waals surface area (Å²) in [4.78, 5) is 8.63. The average molecular weight is 230 g/mol. The van der Waals surface area contributed by atoms with E-state index in [0.29, 0.717) is 0 Å². The Morgan fingerprint density at radius 1 is 1.47 bits per heavy atom. The Balaban J connectivity index is 2.14. The summed E-state index contributed by atoms with van der Waals surface area (Å²) < 4.78 is 2.17. The molecule has 0 radical (unpaired) electrons. The van der Waals surface area contributed by atoms with Crippen LogP contribution in [0.5, 0.6) is 0 Å². The molecule has 17 heavy (non-hydrogen) atoms. The van der Waals surface area contributed by atoms with Gasteiger partial charge in [0.15, 0.2) is 0 Å². The second-order valence-electron chi connectivity index (χ2n) is 4.06. The van der Waals surface area contributed by atoms with Gasteiger partial charge in [-0.15, -0.1) is 0 Å². The van der Waals surface area contributed by atoms with E-state index in [-0.39, 0.29) is 6.61 Å². The molecule has 0 spiro atoms. The van der Waals surface area contributed by atoms with Crippen LogP contribution in [-0.4, -0.2) is 26.2 Å². The standard InChI is InChI=1S/C12H14N4O/c17-8-10-11-7-14-4-5-16(11)12(15-10)9-2-1-3-13-6-9/h1-3,6,14,17H,4-5,7-8H2. The fourth-order valence-corrected chi connectivity index (χ4v) is 2.21. The predicted molar refractivity (Wildman–Crippen MR) is 63.1 cm³/mol. The summed E-state index contributed by atoms with van der Waals surface area (Å²) in [5, 5.41) is 12.6. The van der Waals surface area contributed by atoms with Crippen LogP contribution >= 0.6 is 0 Å². The highest BCUT2D eigenvalue weighted by atomic mass is 16.3. The van der Waals surface area contributed by atoms with E-state index >= 15 is 0 Å². The molecule has 5 nitrogen and oxygen atoms in total. The molecule has 0 amide bonds. The molecule has 2 N–H and O–H groups in total. The molecule has 0 bridgehead atoms.